The molecule has 1 aliphatic heterocycles. The second kappa shape index (κ2) is 4.53. The molecule has 0 amide bonds. The fourth-order valence-corrected chi connectivity index (χ4v) is 2.76. The molecule has 1 fully saturated rings. The van der Waals surface area contributed by atoms with Crippen LogP contribution < -0.4 is 0 Å². The van der Waals surface area contributed by atoms with Crippen LogP contribution >= 0.6 is 0 Å². The summed E-state index contributed by atoms with van der Waals surface area (Å²) in [6.45, 7) is 11.7. The molecule has 1 N–H and O–H groups in total. The third-order valence-corrected chi connectivity index (χ3v) is 8.00. The van der Waals surface area contributed by atoms with Gasteiger partial charge in [-0.15, -0.1) is 0 Å². The second-order valence-electron chi connectivity index (χ2n) is 5.82. The van der Waals surface area contributed by atoms with E-state index < -0.39 is 14.6 Å². The summed E-state index contributed by atoms with van der Waals surface area (Å²) in [5.41, 5.74) is 0. The molecule has 0 aliphatic carbocycles. The van der Waals surface area contributed by atoms with Crippen molar-refractivity contribution >= 4 is 8.32 Å². The highest BCUT2D eigenvalue weighted by molar-refractivity contribution is 6.74. The van der Waals surface area contributed by atoms with Gasteiger partial charge in [0, 0.05) is 6.61 Å². The van der Waals surface area contributed by atoms with Gasteiger partial charge in [-0.2, -0.15) is 0 Å². The quantitative estimate of drug-likeness (QED) is 0.744. The predicted molar refractivity (Wildman–Crippen MR) is 63.3 cm³/mol. The Morgan fingerprint density at radius 3 is 2.40 bits per heavy atom. The number of aliphatic hydroxyl groups excluding tert-OH is 1. The summed E-state index contributed by atoms with van der Waals surface area (Å²) in [4.78, 5) is 0. The monoisotopic (exact) mass is 232 g/mol. The lowest BCUT2D eigenvalue weighted by molar-refractivity contribution is -0.180. The van der Waals surface area contributed by atoms with Crippen molar-refractivity contribution in [3.8, 4) is 0 Å². The van der Waals surface area contributed by atoms with Gasteiger partial charge in [0.2, 0.25) is 0 Å². The summed E-state index contributed by atoms with van der Waals surface area (Å²) in [6.07, 6.45) is 1.04. The number of rotatable bonds is 2. The van der Waals surface area contributed by atoms with Gasteiger partial charge in [0.15, 0.2) is 14.6 Å². The fourth-order valence-electron chi connectivity index (χ4n) is 1.41. The molecular weight excluding hydrogens is 208 g/mol. The Balaban J connectivity index is 2.59. The zero-order valence-electron chi connectivity index (χ0n) is 10.5. The maximum absolute atomic E-state index is 9.67. The van der Waals surface area contributed by atoms with Crippen LogP contribution in [-0.2, 0) is 9.16 Å². The van der Waals surface area contributed by atoms with Gasteiger partial charge in [-0.05, 0) is 31.0 Å². The first-order valence-corrected chi connectivity index (χ1v) is 8.62. The Bertz CT molecular complexity index is 210. The highest BCUT2D eigenvalue weighted by Crippen LogP contribution is 2.38. The molecule has 2 atom stereocenters. The Morgan fingerprint density at radius 1 is 1.33 bits per heavy atom. The average Bonchev–Trinajstić information content (AvgIpc) is 2.06. The molecular formula is C11H24O3Si. The summed E-state index contributed by atoms with van der Waals surface area (Å²) >= 11 is 0. The van der Waals surface area contributed by atoms with E-state index in [1.807, 2.05) is 0 Å². The second-order valence-corrected chi connectivity index (χ2v) is 10.6. The van der Waals surface area contributed by atoms with Gasteiger partial charge in [0.1, 0.15) is 0 Å². The molecule has 15 heavy (non-hydrogen) atoms. The maximum atomic E-state index is 9.67. The molecule has 0 aromatic rings. The Morgan fingerprint density at radius 2 is 1.93 bits per heavy atom. The van der Waals surface area contributed by atoms with Crippen LogP contribution in [0.25, 0.3) is 0 Å². The minimum absolute atomic E-state index is 0.125. The SMILES string of the molecule is CC(C)(C)[Si](C)(C)O[C@H]1CCCO[C@H]1O. The highest BCUT2D eigenvalue weighted by Gasteiger charge is 2.41. The molecule has 0 spiro atoms. The van der Waals surface area contributed by atoms with Gasteiger partial charge in [0.25, 0.3) is 0 Å². The van der Waals surface area contributed by atoms with E-state index in [2.05, 4.69) is 33.9 Å². The van der Waals surface area contributed by atoms with Crippen LogP contribution in [-0.4, -0.2) is 32.4 Å². The number of aliphatic hydroxyl groups is 1. The Hall–Kier alpha value is 0.0969. The van der Waals surface area contributed by atoms with Crippen molar-refractivity contribution in [1.29, 1.82) is 0 Å². The molecule has 0 radical (unpaired) electrons. The van der Waals surface area contributed by atoms with E-state index in [0.717, 1.165) is 12.8 Å². The van der Waals surface area contributed by atoms with Crippen LogP contribution in [0.4, 0.5) is 0 Å². The lowest BCUT2D eigenvalue weighted by Gasteiger charge is -2.41. The smallest absolute Gasteiger partial charge is 0.192 e. The van der Waals surface area contributed by atoms with Gasteiger partial charge >= 0.3 is 0 Å². The van der Waals surface area contributed by atoms with E-state index in [1.165, 1.54) is 0 Å². The number of ether oxygens (including phenoxy) is 1. The summed E-state index contributed by atoms with van der Waals surface area (Å²) in [6, 6.07) is 0. The van der Waals surface area contributed by atoms with Crippen molar-refractivity contribution in [2.24, 2.45) is 0 Å². The first-order chi connectivity index (χ1) is 6.74. The van der Waals surface area contributed by atoms with Gasteiger partial charge in [0.05, 0.1) is 6.10 Å². The first kappa shape index (κ1) is 13.2. The van der Waals surface area contributed by atoms with Crippen LogP contribution in [0, 0.1) is 0 Å². The summed E-state index contributed by atoms with van der Waals surface area (Å²) in [7, 11) is -1.77. The zero-order valence-corrected chi connectivity index (χ0v) is 11.5. The normalized spacial score (nSPS) is 29.2. The standard InChI is InChI=1S/C11H24O3Si/c1-11(2,3)15(4,5)14-9-7-6-8-13-10(9)12/h9-10,12H,6-8H2,1-5H3/t9-,10+/m0/s1. The topological polar surface area (TPSA) is 38.7 Å². The molecule has 1 heterocycles. The lowest BCUT2D eigenvalue weighted by Crippen LogP contribution is -2.48. The molecule has 1 aliphatic rings. The zero-order chi connectivity index (χ0) is 11.7. The molecule has 0 bridgehead atoms. The van der Waals surface area contributed by atoms with E-state index >= 15 is 0 Å². The Labute approximate surface area is 93.9 Å². The van der Waals surface area contributed by atoms with Crippen LogP contribution in [0.1, 0.15) is 33.6 Å². The predicted octanol–water partition coefficient (Wildman–Crippen LogP) is 2.51. The minimum Gasteiger partial charge on any atom is -0.409 e. The van der Waals surface area contributed by atoms with Crippen LogP contribution in [0.15, 0.2) is 0 Å². The van der Waals surface area contributed by atoms with E-state index in [9.17, 15) is 5.11 Å². The van der Waals surface area contributed by atoms with Crippen molar-refractivity contribution in [1.82, 2.24) is 0 Å². The summed E-state index contributed by atoms with van der Waals surface area (Å²) in [5, 5.41) is 9.86. The molecule has 0 saturated carbocycles. The van der Waals surface area contributed by atoms with Crippen molar-refractivity contribution in [2.45, 2.75) is 64.1 Å². The van der Waals surface area contributed by atoms with Gasteiger partial charge in [-0.25, -0.2) is 0 Å². The van der Waals surface area contributed by atoms with Gasteiger partial charge < -0.3 is 14.3 Å². The van der Waals surface area contributed by atoms with E-state index in [4.69, 9.17) is 9.16 Å². The molecule has 4 heteroatoms. The average molecular weight is 232 g/mol. The van der Waals surface area contributed by atoms with Crippen LogP contribution in [0.5, 0.6) is 0 Å². The molecule has 0 unspecified atom stereocenters. The van der Waals surface area contributed by atoms with E-state index in [0.29, 0.717) is 6.61 Å². The highest BCUT2D eigenvalue weighted by atomic mass is 28.4. The molecule has 90 valence electrons. The maximum Gasteiger partial charge on any atom is 0.192 e. The third kappa shape index (κ3) is 3.28. The molecule has 1 rings (SSSR count). The summed E-state index contributed by atoms with van der Waals surface area (Å²) in [5.74, 6) is 0. The van der Waals surface area contributed by atoms with Gasteiger partial charge in [-0.3, -0.25) is 0 Å². The molecule has 0 aromatic heterocycles. The fraction of sp³-hybridized carbons (Fsp3) is 1.00. The minimum atomic E-state index is -1.77. The van der Waals surface area contributed by atoms with Crippen LogP contribution in [0.3, 0.4) is 0 Å². The third-order valence-electron chi connectivity index (χ3n) is 3.49. The molecule has 3 nitrogen and oxygen atoms in total. The summed E-state index contributed by atoms with van der Waals surface area (Å²) < 4.78 is 11.3. The number of hydrogen-bond donors (Lipinski definition) is 1. The van der Waals surface area contributed by atoms with E-state index in [-0.39, 0.29) is 11.1 Å². The number of hydrogen-bond acceptors (Lipinski definition) is 3. The van der Waals surface area contributed by atoms with Crippen LogP contribution in [0.2, 0.25) is 18.1 Å². The largest absolute Gasteiger partial charge is 0.409 e. The molecule has 0 aromatic carbocycles. The van der Waals surface area contributed by atoms with Crippen molar-refractivity contribution < 1.29 is 14.3 Å². The van der Waals surface area contributed by atoms with E-state index in [1.54, 1.807) is 0 Å². The van der Waals surface area contributed by atoms with Crippen molar-refractivity contribution in [3.63, 3.8) is 0 Å². The Kier molecular flexibility index (Phi) is 3.98. The molecule has 1 saturated heterocycles. The van der Waals surface area contributed by atoms with Gasteiger partial charge in [-0.1, -0.05) is 20.8 Å². The first-order valence-electron chi connectivity index (χ1n) is 5.71. The van der Waals surface area contributed by atoms with Crippen molar-refractivity contribution in [3.05, 3.63) is 0 Å². The van der Waals surface area contributed by atoms with Crippen molar-refractivity contribution in [2.75, 3.05) is 6.61 Å². The lowest BCUT2D eigenvalue weighted by atomic mass is 10.1.